The summed E-state index contributed by atoms with van der Waals surface area (Å²) in [5, 5.41) is 9.17. The highest BCUT2D eigenvalue weighted by molar-refractivity contribution is 5.94. The maximum atomic E-state index is 13.4. The molecule has 1 aliphatic rings. The number of pyridine rings is 1. The summed E-state index contributed by atoms with van der Waals surface area (Å²) in [6, 6.07) is 10.9. The zero-order valence-electron chi connectivity index (χ0n) is 19.6. The minimum Gasteiger partial charge on any atom is -0.489 e. The van der Waals surface area contributed by atoms with Crippen LogP contribution in [0.5, 0.6) is 5.75 Å². The van der Waals surface area contributed by atoms with Crippen LogP contribution in [-0.2, 0) is 21.6 Å². The number of nitrogens with two attached hydrogens (primary N) is 1. The van der Waals surface area contributed by atoms with Gasteiger partial charge in [0.05, 0.1) is 5.41 Å². The van der Waals surface area contributed by atoms with Crippen molar-refractivity contribution in [3.63, 3.8) is 0 Å². The second kappa shape index (κ2) is 10.8. The highest BCUT2D eigenvalue weighted by atomic mass is 16.5. The molecular formula is C25H34N4O4. The lowest BCUT2D eigenvalue weighted by Crippen LogP contribution is -2.49. The van der Waals surface area contributed by atoms with Gasteiger partial charge in [0.2, 0.25) is 5.91 Å². The van der Waals surface area contributed by atoms with E-state index in [1.165, 1.54) is 0 Å². The monoisotopic (exact) mass is 454 g/mol. The lowest BCUT2D eigenvalue weighted by Gasteiger charge is -2.29. The maximum Gasteiger partial charge on any atom is 0.266 e. The Morgan fingerprint density at radius 1 is 1.24 bits per heavy atom. The first kappa shape index (κ1) is 24.7. The van der Waals surface area contributed by atoms with Crippen molar-refractivity contribution < 1.29 is 19.5 Å². The number of rotatable bonds is 10. The van der Waals surface area contributed by atoms with Crippen LogP contribution in [0.2, 0.25) is 0 Å². The van der Waals surface area contributed by atoms with Crippen molar-refractivity contribution in [2.45, 2.75) is 64.5 Å². The van der Waals surface area contributed by atoms with Gasteiger partial charge in [-0.05, 0) is 88.4 Å². The first-order valence-corrected chi connectivity index (χ1v) is 11.4. The third-order valence-electron chi connectivity index (χ3n) is 6.34. The van der Waals surface area contributed by atoms with Crippen LogP contribution in [0.1, 0.15) is 55.1 Å². The predicted octanol–water partition coefficient (Wildman–Crippen LogP) is 2.77. The van der Waals surface area contributed by atoms with E-state index in [9.17, 15) is 9.59 Å². The molecule has 2 aromatic rings. The zero-order chi connectivity index (χ0) is 24.0. The molecule has 2 atom stereocenters. The van der Waals surface area contributed by atoms with Gasteiger partial charge in [-0.25, -0.2) is 5.48 Å². The number of nitrogens with zero attached hydrogens (tertiary/aromatic N) is 2. The summed E-state index contributed by atoms with van der Waals surface area (Å²) in [6.45, 7) is 7.24. The first-order chi connectivity index (χ1) is 15.8. The Hall–Kier alpha value is -2.97. The van der Waals surface area contributed by atoms with Gasteiger partial charge in [0.25, 0.3) is 5.91 Å². The second-order valence-corrected chi connectivity index (χ2v) is 8.93. The number of hydroxylamine groups is 1. The Bertz CT molecular complexity index is 959. The van der Waals surface area contributed by atoms with Gasteiger partial charge >= 0.3 is 0 Å². The normalized spacial score (nSPS) is 18.9. The van der Waals surface area contributed by atoms with Crippen molar-refractivity contribution >= 4 is 11.8 Å². The molecule has 2 heterocycles. The first-order valence-electron chi connectivity index (χ1n) is 11.4. The van der Waals surface area contributed by atoms with Crippen molar-refractivity contribution in [1.29, 1.82) is 0 Å². The summed E-state index contributed by atoms with van der Waals surface area (Å²) in [6.07, 6.45) is 2.52. The number of benzene rings is 1. The molecule has 1 aliphatic heterocycles. The number of carbonyl (C=O) groups is 2. The van der Waals surface area contributed by atoms with Crippen molar-refractivity contribution in [3.8, 4) is 5.75 Å². The number of likely N-dealkylation sites (tertiary alicyclic amines) is 1. The fourth-order valence-electron chi connectivity index (χ4n) is 4.51. The summed E-state index contributed by atoms with van der Waals surface area (Å²) in [5.74, 6) is 0.0475. The molecule has 33 heavy (non-hydrogen) atoms. The number of nitrogens with one attached hydrogen (secondary N) is 1. The van der Waals surface area contributed by atoms with Gasteiger partial charge in [-0.3, -0.25) is 19.8 Å². The lowest BCUT2D eigenvalue weighted by molar-refractivity contribution is -0.144. The van der Waals surface area contributed by atoms with E-state index in [4.69, 9.17) is 15.7 Å². The molecule has 0 saturated carbocycles. The zero-order valence-corrected chi connectivity index (χ0v) is 19.6. The number of aromatic nitrogens is 1. The predicted molar refractivity (Wildman–Crippen MR) is 125 cm³/mol. The Morgan fingerprint density at radius 3 is 2.52 bits per heavy atom. The van der Waals surface area contributed by atoms with Gasteiger partial charge in [-0.1, -0.05) is 12.1 Å². The molecule has 2 amide bonds. The SMILES string of the molecule is Cc1cc(COc2ccc(C3(C)CCN(C(CCCCN)C(=O)NO)C3=O)cc2)cc(C)n1. The molecule has 8 nitrogen and oxygen atoms in total. The molecule has 1 fully saturated rings. The fraction of sp³-hybridized carbons (Fsp3) is 0.480. The molecule has 0 radical (unpaired) electrons. The van der Waals surface area contributed by atoms with E-state index in [2.05, 4.69) is 4.98 Å². The highest BCUT2D eigenvalue weighted by Gasteiger charge is 2.47. The quantitative estimate of drug-likeness (QED) is 0.289. The van der Waals surface area contributed by atoms with Crippen LogP contribution in [0, 0.1) is 13.8 Å². The van der Waals surface area contributed by atoms with Gasteiger partial charge in [0.1, 0.15) is 18.4 Å². The molecule has 2 unspecified atom stereocenters. The third-order valence-corrected chi connectivity index (χ3v) is 6.34. The molecular weight excluding hydrogens is 420 g/mol. The van der Waals surface area contributed by atoms with E-state index in [0.717, 1.165) is 34.7 Å². The van der Waals surface area contributed by atoms with Crippen molar-refractivity contribution in [2.75, 3.05) is 13.1 Å². The van der Waals surface area contributed by atoms with E-state index < -0.39 is 17.4 Å². The van der Waals surface area contributed by atoms with Crippen LogP contribution in [-0.4, -0.2) is 46.0 Å². The number of aryl methyl sites for hydroxylation is 2. The Balaban J connectivity index is 1.69. The summed E-state index contributed by atoms with van der Waals surface area (Å²) >= 11 is 0. The van der Waals surface area contributed by atoms with Crippen molar-refractivity contribution in [2.24, 2.45) is 5.73 Å². The summed E-state index contributed by atoms with van der Waals surface area (Å²) in [4.78, 5) is 31.6. The molecule has 3 rings (SSSR count). The Kier molecular flexibility index (Phi) is 8.05. The number of carbonyl (C=O) groups excluding carboxylic acids is 2. The lowest BCUT2D eigenvalue weighted by atomic mass is 9.81. The number of hydrogen-bond donors (Lipinski definition) is 3. The maximum absolute atomic E-state index is 13.4. The third kappa shape index (κ3) is 5.69. The van der Waals surface area contributed by atoms with Crippen LogP contribution in [0.3, 0.4) is 0 Å². The van der Waals surface area contributed by atoms with E-state index in [1.54, 1.807) is 10.4 Å². The Morgan fingerprint density at radius 2 is 1.91 bits per heavy atom. The van der Waals surface area contributed by atoms with Gasteiger partial charge in [-0.2, -0.15) is 0 Å². The molecule has 1 aromatic carbocycles. The molecule has 1 saturated heterocycles. The summed E-state index contributed by atoms with van der Waals surface area (Å²) in [5.41, 5.74) is 10.4. The molecule has 8 heteroatoms. The number of unbranched alkanes of at least 4 members (excludes halogenated alkanes) is 1. The van der Waals surface area contributed by atoms with Crippen LogP contribution in [0.25, 0.3) is 0 Å². The van der Waals surface area contributed by atoms with Gasteiger partial charge in [0.15, 0.2) is 0 Å². The van der Waals surface area contributed by atoms with E-state index >= 15 is 0 Å². The molecule has 178 valence electrons. The number of ether oxygens (including phenoxy) is 1. The number of amides is 2. The van der Waals surface area contributed by atoms with E-state index in [-0.39, 0.29) is 5.91 Å². The molecule has 1 aromatic heterocycles. The fourth-order valence-corrected chi connectivity index (χ4v) is 4.51. The topological polar surface area (TPSA) is 118 Å². The summed E-state index contributed by atoms with van der Waals surface area (Å²) < 4.78 is 5.93. The van der Waals surface area contributed by atoms with E-state index in [0.29, 0.717) is 39.0 Å². The van der Waals surface area contributed by atoms with Crippen LogP contribution >= 0.6 is 0 Å². The second-order valence-electron chi connectivity index (χ2n) is 8.93. The smallest absolute Gasteiger partial charge is 0.266 e. The van der Waals surface area contributed by atoms with E-state index in [1.807, 2.05) is 57.2 Å². The summed E-state index contributed by atoms with van der Waals surface area (Å²) in [7, 11) is 0. The minimum absolute atomic E-state index is 0.111. The highest BCUT2D eigenvalue weighted by Crippen LogP contribution is 2.37. The standard InChI is InChI=1S/C25H34N4O4/c1-17-14-19(15-18(2)27-17)16-33-21-9-7-20(8-10-21)25(3)11-13-29(24(25)31)22(23(30)28-32)6-4-5-12-26/h7-10,14-15,22,32H,4-6,11-13,16,26H2,1-3H3,(H,28,30). The molecule has 0 spiro atoms. The van der Waals surface area contributed by atoms with Crippen LogP contribution in [0.4, 0.5) is 0 Å². The average Bonchev–Trinajstić information content (AvgIpc) is 3.10. The largest absolute Gasteiger partial charge is 0.489 e. The van der Waals surface area contributed by atoms with Crippen LogP contribution < -0.4 is 16.0 Å². The van der Waals surface area contributed by atoms with Gasteiger partial charge in [-0.15, -0.1) is 0 Å². The minimum atomic E-state index is -0.736. The van der Waals surface area contributed by atoms with Gasteiger partial charge < -0.3 is 15.4 Å². The van der Waals surface area contributed by atoms with Crippen molar-refractivity contribution in [1.82, 2.24) is 15.4 Å². The molecule has 0 bridgehead atoms. The molecule has 4 N–H and O–H groups in total. The average molecular weight is 455 g/mol. The molecule has 0 aliphatic carbocycles. The number of hydrogen-bond acceptors (Lipinski definition) is 6. The van der Waals surface area contributed by atoms with Crippen LogP contribution in [0.15, 0.2) is 36.4 Å². The van der Waals surface area contributed by atoms with Gasteiger partial charge in [0, 0.05) is 17.9 Å². The van der Waals surface area contributed by atoms with Crippen molar-refractivity contribution in [3.05, 3.63) is 58.9 Å². The Labute approximate surface area is 195 Å².